The summed E-state index contributed by atoms with van der Waals surface area (Å²) >= 11 is 0. The van der Waals surface area contributed by atoms with Crippen molar-refractivity contribution in [3.8, 4) is 5.75 Å². The molecule has 1 aliphatic heterocycles. The van der Waals surface area contributed by atoms with Gasteiger partial charge in [0.15, 0.2) is 0 Å². The third-order valence-corrected chi connectivity index (χ3v) is 4.07. The van der Waals surface area contributed by atoms with Crippen LogP contribution in [-0.4, -0.2) is 36.3 Å². The standard InChI is InChI=1S/C16H18N2O3/c1-21-15-6-2-5-12-13(15)8-17-9-14(12)18-7-3-4-11(10-18)16(19)20/h2,5-6,8-9,11H,3-4,7,10H2,1H3,(H,19,20)/t11-/m0/s1. The van der Waals surface area contributed by atoms with Crippen molar-refractivity contribution in [1.29, 1.82) is 0 Å². The Labute approximate surface area is 123 Å². The Hall–Kier alpha value is -2.30. The third-order valence-electron chi connectivity index (χ3n) is 4.07. The number of rotatable bonds is 3. The predicted octanol–water partition coefficient (Wildman–Crippen LogP) is 2.54. The van der Waals surface area contributed by atoms with E-state index in [-0.39, 0.29) is 5.92 Å². The first-order chi connectivity index (χ1) is 10.2. The van der Waals surface area contributed by atoms with Crippen LogP contribution in [0.15, 0.2) is 30.6 Å². The third kappa shape index (κ3) is 2.51. The highest BCUT2D eigenvalue weighted by Gasteiger charge is 2.26. The Morgan fingerprint density at radius 3 is 3.00 bits per heavy atom. The molecule has 0 aliphatic carbocycles. The number of ether oxygens (including phenoxy) is 1. The van der Waals surface area contributed by atoms with Crippen molar-refractivity contribution in [3.05, 3.63) is 30.6 Å². The van der Waals surface area contributed by atoms with Gasteiger partial charge in [0.05, 0.1) is 24.9 Å². The number of fused-ring (bicyclic) bond motifs is 1. The van der Waals surface area contributed by atoms with E-state index in [9.17, 15) is 9.90 Å². The van der Waals surface area contributed by atoms with Crippen LogP contribution in [0.1, 0.15) is 12.8 Å². The Bertz CT molecular complexity index is 672. The zero-order valence-electron chi connectivity index (χ0n) is 12.0. The number of hydrogen-bond donors (Lipinski definition) is 1. The van der Waals surface area contributed by atoms with E-state index in [4.69, 9.17) is 4.74 Å². The minimum Gasteiger partial charge on any atom is -0.496 e. The molecule has 1 aliphatic rings. The highest BCUT2D eigenvalue weighted by atomic mass is 16.5. The van der Waals surface area contributed by atoms with Crippen LogP contribution in [0, 0.1) is 5.92 Å². The number of carbonyl (C=O) groups is 1. The number of aliphatic carboxylic acids is 1. The summed E-state index contributed by atoms with van der Waals surface area (Å²) in [4.78, 5) is 17.7. The monoisotopic (exact) mass is 286 g/mol. The van der Waals surface area contributed by atoms with Crippen LogP contribution in [0.2, 0.25) is 0 Å². The molecule has 0 spiro atoms. The lowest BCUT2D eigenvalue weighted by Gasteiger charge is -2.33. The van der Waals surface area contributed by atoms with Crippen molar-refractivity contribution in [1.82, 2.24) is 4.98 Å². The molecule has 0 bridgehead atoms. The molecule has 2 heterocycles. The molecular formula is C16H18N2O3. The maximum Gasteiger partial charge on any atom is 0.308 e. The van der Waals surface area contributed by atoms with Crippen LogP contribution in [0.25, 0.3) is 10.8 Å². The van der Waals surface area contributed by atoms with Gasteiger partial charge in [0.2, 0.25) is 0 Å². The molecule has 1 N–H and O–H groups in total. The van der Waals surface area contributed by atoms with E-state index in [1.807, 2.05) is 24.4 Å². The number of anilines is 1. The van der Waals surface area contributed by atoms with Crippen molar-refractivity contribution in [2.45, 2.75) is 12.8 Å². The molecule has 0 unspecified atom stereocenters. The lowest BCUT2D eigenvalue weighted by Crippen LogP contribution is -2.38. The maximum atomic E-state index is 11.2. The molecule has 21 heavy (non-hydrogen) atoms. The zero-order valence-corrected chi connectivity index (χ0v) is 12.0. The van der Waals surface area contributed by atoms with Crippen LogP contribution in [0.5, 0.6) is 5.75 Å². The van der Waals surface area contributed by atoms with Gasteiger partial charge in [0, 0.05) is 30.1 Å². The summed E-state index contributed by atoms with van der Waals surface area (Å²) in [5.41, 5.74) is 0.984. The Balaban J connectivity index is 2.02. The van der Waals surface area contributed by atoms with Crippen molar-refractivity contribution >= 4 is 22.4 Å². The van der Waals surface area contributed by atoms with Crippen LogP contribution in [0.3, 0.4) is 0 Å². The topological polar surface area (TPSA) is 62.7 Å². The van der Waals surface area contributed by atoms with Gasteiger partial charge in [-0.2, -0.15) is 0 Å². The van der Waals surface area contributed by atoms with Gasteiger partial charge in [0.1, 0.15) is 5.75 Å². The summed E-state index contributed by atoms with van der Waals surface area (Å²) in [5.74, 6) is -0.237. The molecule has 0 amide bonds. The van der Waals surface area contributed by atoms with Gasteiger partial charge in [-0.15, -0.1) is 0 Å². The highest BCUT2D eigenvalue weighted by Crippen LogP contribution is 2.33. The number of aromatic nitrogens is 1. The molecule has 1 aromatic heterocycles. The summed E-state index contributed by atoms with van der Waals surface area (Å²) in [6.07, 6.45) is 5.23. The normalized spacial score (nSPS) is 18.7. The fourth-order valence-electron chi connectivity index (χ4n) is 2.98. The first-order valence-corrected chi connectivity index (χ1v) is 7.09. The second kappa shape index (κ2) is 5.60. The van der Waals surface area contributed by atoms with Gasteiger partial charge >= 0.3 is 5.97 Å². The Morgan fingerprint density at radius 2 is 2.24 bits per heavy atom. The van der Waals surface area contributed by atoms with Crippen LogP contribution in [-0.2, 0) is 4.79 Å². The van der Waals surface area contributed by atoms with E-state index in [0.717, 1.165) is 41.6 Å². The molecule has 5 nitrogen and oxygen atoms in total. The largest absolute Gasteiger partial charge is 0.496 e. The molecule has 1 saturated heterocycles. The number of carboxylic acids is 1. The lowest BCUT2D eigenvalue weighted by atomic mass is 9.97. The number of carboxylic acid groups (broad SMARTS) is 1. The fourth-order valence-corrected chi connectivity index (χ4v) is 2.98. The smallest absolute Gasteiger partial charge is 0.308 e. The lowest BCUT2D eigenvalue weighted by molar-refractivity contribution is -0.141. The second-order valence-electron chi connectivity index (χ2n) is 5.34. The van der Waals surface area contributed by atoms with E-state index in [1.54, 1.807) is 13.3 Å². The summed E-state index contributed by atoms with van der Waals surface area (Å²) in [7, 11) is 1.64. The molecule has 1 fully saturated rings. The van der Waals surface area contributed by atoms with Crippen molar-refractivity contribution in [2.75, 3.05) is 25.1 Å². The number of hydrogen-bond acceptors (Lipinski definition) is 4. The van der Waals surface area contributed by atoms with Gasteiger partial charge in [-0.3, -0.25) is 9.78 Å². The van der Waals surface area contributed by atoms with Crippen molar-refractivity contribution in [2.24, 2.45) is 5.92 Å². The fraction of sp³-hybridized carbons (Fsp3) is 0.375. The molecule has 0 saturated carbocycles. The summed E-state index contributed by atoms with van der Waals surface area (Å²) in [5, 5.41) is 11.2. The molecule has 1 atom stereocenters. The Morgan fingerprint density at radius 1 is 1.38 bits per heavy atom. The van der Waals surface area contributed by atoms with Crippen LogP contribution in [0.4, 0.5) is 5.69 Å². The Kier molecular flexibility index (Phi) is 3.64. The van der Waals surface area contributed by atoms with Crippen LogP contribution < -0.4 is 9.64 Å². The number of piperidine rings is 1. The number of pyridine rings is 1. The molecule has 1 aromatic carbocycles. The minimum absolute atomic E-state index is 0.306. The second-order valence-corrected chi connectivity index (χ2v) is 5.34. The zero-order chi connectivity index (χ0) is 14.8. The molecule has 0 radical (unpaired) electrons. The minimum atomic E-state index is -0.717. The molecular weight excluding hydrogens is 268 g/mol. The summed E-state index contributed by atoms with van der Waals surface area (Å²) in [6, 6.07) is 5.88. The SMILES string of the molecule is COc1cccc2c(N3CCC[C@H](C(=O)O)C3)cncc12. The number of nitrogens with zero attached hydrogens (tertiary/aromatic N) is 2. The average Bonchev–Trinajstić information content (AvgIpc) is 2.53. The first-order valence-electron chi connectivity index (χ1n) is 7.09. The maximum absolute atomic E-state index is 11.2. The number of methoxy groups -OCH3 is 1. The van der Waals surface area contributed by atoms with Gasteiger partial charge in [-0.1, -0.05) is 12.1 Å². The van der Waals surface area contributed by atoms with Gasteiger partial charge < -0.3 is 14.7 Å². The van der Waals surface area contributed by atoms with Gasteiger partial charge in [-0.25, -0.2) is 0 Å². The predicted molar refractivity (Wildman–Crippen MR) is 80.9 cm³/mol. The highest BCUT2D eigenvalue weighted by molar-refractivity contribution is 5.97. The summed E-state index contributed by atoms with van der Waals surface area (Å²) in [6.45, 7) is 1.40. The van der Waals surface area contributed by atoms with Crippen molar-refractivity contribution < 1.29 is 14.6 Å². The van der Waals surface area contributed by atoms with E-state index < -0.39 is 5.97 Å². The van der Waals surface area contributed by atoms with E-state index in [2.05, 4.69) is 9.88 Å². The van der Waals surface area contributed by atoms with E-state index in [0.29, 0.717) is 6.54 Å². The molecule has 3 rings (SSSR count). The first kappa shape index (κ1) is 13.7. The van der Waals surface area contributed by atoms with E-state index in [1.165, 1.54) is 0 Å². The molecule has 5 heteroatoms. The van der Waals surface area contributed by atoms with Crippen LogP contribution >= 0.6 is 0 Å². The number of benzene rings is 1. The molecule has 2 aromatic rings. The van der Waals surface area contributed by atoms with E-state index >= 15 is 0 Å². The average molecular weight is 286 g/mol. The van der Waals surface area contributed by atoms with Gasteiger partial charge in [-0.05, 0) is 18.9 Å². The van der Waals surface area contributed by atoms with Crippen molar-refractivity contribution in [3.63, 3.8) is 0 Å². The molecule has 110 valence electrons. The summed E-state index contributed by atoms with van der Waals surface area (Å²) < 4.78 is 5.38. The quantitative estimate of drug-likeness (QED) is 0.939. The van der Waals surface area contributed by atoms with Gasteiger partial charge in [0.25, 0.3) is 0 Å².